The van der Waals surface area contributed by atoms with Crippen LogP contribution in [0.25, 0.3) is 5.69 Å². The largest absolute Gasteiger partial charge is 0.494 e. The number of allylic oxidation sites excluding steroid dienone is 2. The molecule has 0 unspecified atom stereocenters. The Kier molecular flexibility index (Phi) is 4.15. The van der Waals surface area contributed by atoms with Crippen molar-refractivity contribution in [3.8, 4) is 17.4 Å². The second-order valence-corrected chi connectivity index (χ2v) is 7.69. The van der Waals surface area contributed by atoms with Gasteiger partial charge in [-0.15, -0.1) is 0 Å². The molecule has 2 aliphatic carbocycles. The molecule has 2 aliphatic rings. The zero-order chi connectivity index (χ0) is 21.9. The molecule has 3 aromatic rings. The van der Waals surface area contributed by atoms with Crippen LogP contribution in [0.1, 0.15) is 45.3 Å². The topological polar surface area (TPSA) is 74.5 Å². The zero-order valence-electron chi connectivity index (χ0n) is 16.0. The number of benzene rings is 2. The second kappa shape index (κ2) is 6.66. The molecule has 5 nitrogen and oxygen atoms in total. The van der Waals surface area contributed by atoms with Crippen LogP contribution in [0.2, 0.25) is 0 Å². The van der Waals surface area contributed by atoms with E-state index in [4.69, 9.17) is 0 Å². The number of aromatic nitrogens is 1. The third-order valence-corrected chi connectivity index (χ3v) is 5.89. The van der Waals surface area contributed by atoms with Crippen LogP contribution in [0.5, 0.6) is 11.8 Å². The van der Waals surface area contributed by atoms with Crippen molar-refractivity contribution in [3.05, 3.63) is 82.9 Å². The van der Waals surface area contributed by atoms with Crippen molar-refractivity contribution >= 4 is 11.6 Å². The lowest BCUT2D eigenvalue weighted by atomic mass is 10.0. The molecule has 158 valence electrons. The normalized spacial score (nSPS) is 18.9. The first-order valence-electron chi connectivity index (χ1n) is 9.68. The predicted octanol–water partition coefficient (Wildman–Crippen LogP) is 5.30. The first kappa shape index (κ1) is 19.3. The highest BCUT2D eigenvalue weighted by Gasteiger charge is 2.41. The van der Waals surface area contributed by atoms with Gasteiger partial charge in [-0.05, 0) is 42.8 Å². The van der Waals surface area contributed by atoms with Gasteiger partial charge in [0.15, 0.2) is 0 Å². The van der Waals surface area contributed by atoms with Crippen LogP contribution in [-0.2, 0) is 6.18 Å². The number of hydrogen-bond acceptors (Lipinski definition) is 3. The highest BCUT2D eigenvalue weighted by molar-refractivity contribution is 6.04. The Morgan fingerprint density at radius 3 is 2.10 bits per heavy atom. The van der Waals surface area contributed by atoms with Gasteiger partial charge >= 0.3 is 6.18 Å². The van der Waals surface area contributed by atoms with Crippen molar-refractivity contribution in [2.24, 2.45) is 0 Å². The van der Waals surface area contributed by atoms with E-state index in [-0.39, 0.29) is 34.8 Å². The lowest BCUT2D eigenvalue weighted by molar-refractivity contribution is -0.136. The Hall–Kier alpha value is -3.68. The van der Waals surface area contributed by atoms with Gasteiger partial charge in [0.1, 0.15) is 0 Å². The highest BCUT2D eigenvalue weighted by atomic mass is 19.4. The van der Waals surface area contributed by atoms with Gasteiger partial charge in [-0.1, -0.05) is 24.3 Å². The van der Waals surface area contributed by atoms with E-state index in [0.717, 1.165) is 23.6 Å². The summed E-state index contributed by atoms with van der Waals surface area (Å²) in [4.78, 5) is 12.5. The van der Waals surface area contributed by atoms with Gasteiger partial charge in [-0.3, -0.25) is 9.36 Å². The molecule has 5 rings (SSSR count). The summed E-state index contributed by atoms with van der Waals surface area (Å²) in [7, 11) is 0. The van der Waals surface area contributed by atoms with E-state index in [2.05, 4.69) is 5.32 Å². The first-order valence-corrected chi connectivity index (χ1v) is 9.68. The van der Waals surface area contributed by atoms with Crippen molar-refractivity contribution in [1.82, 2.24) is 4.57 Å². The second-order valence-electron chi connectivity index (χ2n) is 7.69. The lowest BCUT2D eigenvalue weighted by Gasteiger charge is -2.14. The van der Waals surface area contributed by atoms with Crippen molar-refractivity contribution < 1.29 is 28.2 Å². The fourth-order valence-electron chi connectivity index (χ4n) is 4.48. The molecule has 0 saturated carbocycles. The van der Waals surface area contributed by atoms with Crippen molar-refractivity contribution in [2.45, 2.75) is 24.4 Å². The molecule has 2 aromatic carbocycles. The van der Waals surface area contributed by atoms with E-state index in [0.29, 0.717) is 5.69 Å². The molecule has 1 amide bonds. The third-order valence-electron chi connectivity index (χ3n) is 5.89. The van der Waals surface area contributed by atoms with E-state index >= 15 is 0 Å². The maximum Gasteiger partial charge on any atom is 0.418 e. The van der Waals surface area contributed by atoms with Gasteiger partial charge in [0, 0.05) is 28.5 Å². The quantitative estimate of drug-likeness (QED) is 0.498. The molecule has 31 heavy (non-hydrogen) atoms. The molecule has 0 aliphatic heterocycles. The Bertz CT molecular complexity index is 1190. The minimum Gasteiger partial charge on any atom is -0.494 e. The van der Waals surface area contributed by atoms with E-state index in [9.17, 15) is 28.2 Å². The number of carbonyl (C=O) groups excluding carboxylic acids is 1. The minimum atomic E-state index is -4.59. The number of halogens is 3. The molecule has 2 atom stereocenters. The van der Waals surface area contributed by atoms with Crippen LogP contribution >= 0.6 is 0 Å². The summed E-state index contributed by atoms with van der Waals surface area (Å²) >= 11 is 0. The molecule has 3 N–H and O–H groups in total. The predicted molar refractivity (Wildman–Crippen MR) is 108 cm³/mol. The molecule has 1 heterocycles. The van der Waals surface area contributed by atoms with Gasteiger partial charge in [0.05, 0.1) is 16.9 Å². The minimum absolute atomic E-state index is 0.0411. The summed E-state index contributed by atoms with van der Waals surface area (Å²) in [6.07, 6.45) is 0.280. The Balaban J connectivity index is 1.42. The van der Waals surface area contributed by atoms with Crippen LogP contribution in [0.15, 0.2) is 60.7 Å². The summed E-state index contributed by atoms with van der Waals surface area (Å²) < 4.78 is 40.7. The van der Waals surface area contributed by atoms with E-state index in [1.54, 1.807) is 0 Å². The number of fused-ring (bicyclic) bond motifs is 5. The van der Waals surface area contributed by atoms with Gasteiger partial charge in [0.2, 0.25) is 11.8 Å². The Morgan fingerprint density at radius 2 is 1.52 bits per heavy atom. The number of nitrogens with zero attached hydrogens (tertiary/aromatic N) is 1. The molecular formula is C23H17F3N2O3. The zero-order valence-corrected chi connectivity index (χ0v) is 16.0. The number of rotatable bonds is 3. The summed E-state index contributed by atoms with van der Waals surface area (Å²) in [6, 6.07) is 10.7. The molecular weight excluding hydrogens is 409 g/mol. The fraction of sp³-hybridized carbons (Fsp3) is 0.174. The van der Waals surface area contributed by atoms with Crippen LogP contribution in [0, 0.1) is 0 Å². The average Bonchev–Trinajstić information content (AvgIpc) is 3.41. The smallest absolute Gasteiger partial charge is 0.418 e. The number of aromatic hydroxyl groups is 2. The van der Waals surface area contributed by atoms with Crippen molar-refractivity contribution in [1.29, 1.82) is 0 Å². The van der Waals surface area contributed by atoms with E-state index < -0.39 is 17.6 Å². The van der Waals surface area contributed by atoms with Crippen LogP contribution in [0.4, 0.5) is 18.9 Å². The number of amides is 1. The summed E-state index contributed by atoms with van der Waals surface area (Å²) in [5.74, 6) is -0.632. The molecule has 0 spiro atoms. The van der Waals surface area contributed by atoms with Gasteiger partial charge in [0.25, 0.3) is 5.91 Å². The van der Waals surface area contributed by atoms with Gasteiger partial charge in [-0.25, -0.2) is 0 Å². The highest BCUT2D eigenvalue weighted by Crippen LogP contribution is 2.57. The summed E-state index contributed by atoms with van der Waals surface area (Å²) in [6.45, 7) is 0. The van der Waals surface area contributed by atoms with Crippen LogP contribution in [0.3, 0.4) is 0 Å². The number of nitrogens with one attached hydrogen (secondary N) is 1. The van der Waals surface area contributed by atoms with E-state index in [1.807, 2.05) is 12.2 Å². The molecule has 2 bridgehead atoms. The van der Waals surface area contributed by atoms with Crippen molar-refractivity contribution in [3.63, 3.8) is 0 Å². The number of carbonyl (C=O) groups is 1. The molecule has 8 heteroatoms. The number of para-hydroxylation sites is 1. The number of alkyl halides is 3. The Morgan fingerprint density at radius 1 is 0.935 bits per heavy atom. The average molecular weight is 426 g/mol. The van der Waals surface area contributed by atoms with Gasteiger partial charge in [-0.2, -0.15) is 13.2 Å². The maximum absolute atomic E-state index is 13.1. The van der Waals surface area contributed by atoms with E-state index in [1.165, 1.54) is 47.0 Å². The Labute approximate surface area is 175 Å². The molecule has 0 saturated heterocycles. The first-order chi connectivity index (χ1) is 14.8. The SMILES string of the molecule is O=C(Nc1ccccc1C(F)(F)F)c1ccc(-n2c(O)c3c(c2O)[C@H]2C=C[C@@H]3C2)cc1. The molecule has 1 aromatic heterocycles. The third kappa shape index (κ3) is 2.98. The standard InChI is InChI=1S/C23H17F3N2O3/c24-23(25,26)16-3-1-2-4-17(16)27-20(29)12-7-9-15(10-8-12)28-21(30)18-13-5-6-14(11-13)19(18)22(28)31/h1-10,13-14,30-31H,11H2,(H,27,29)/t13-,14+. The lowest BCUT2D eigenvalue weighted by Crippen LogP contribution is -2.16. The summed E-state index contributed by atoms with van der Waals surface area (Å²) in [5.41, 5.74) is 0.757. The van der Waals surface area contributed by atoms with Crippen LogP contribution in [-0.4, -0.2) is 20.7 Å². The molecule has 0 radical (unpaired) electrons. The molecule has 0 fully saturated rings. The van der Waals surface area contributed by atoms with Crippen molar-refractivity contribution in [2.75, 3.05) is 5.32 Å². The fourth-order valence-corrected chi connectivity index (χ4v) is 4.48. The monoisotopic (exact) mass is 426 g/mol. The van der Waals surface area contributed by atoms with Gasteiger partial charge < -0.3 is 15.5 Å². The maximum atomic E-state index is 13.1. The number of anilines is 1. The van der Waals surface area contributed by atoms with Crippen LogP contribution < -0.4 is 5.32 Å². The number of hydrogen-bond donors (Lipinski definition) is 3. The summed E-state index contributed by atoms with van der Waals surface area (Å²) in [5, 5.41) is 23.6.